The molecule has 0 amide bonds. The van der Waals surface area contributed by atoms with Crippen LogP contribution in [0.4, 0.5) is 18.9 Å². The third-order valence-electron chi connectivity index (χ3n) is 2.97. The molecule has 0 aliphatic rings. The highest BCUT2D eigenvalue weighted by molar-refractivity contribution is 5.73. The standard InChI is InChI=1S/C15H10F3N3/c16-10-5-12(18)15(6-11(10)17)20-8-9-7-19-13-3-1-2-4-14(13)21-9/h1-7,20H,8H2. The Morgan fingerprint density at radius 2 is 1.62 bits per heavy atom. The van der Waals surface area contributed by atoms with Gasteiger partial charge in [0, 0.05) is 12.1 Å². The molecule has 21 heavy (non-hydrogen) atoms. The van der Waals surface area contributed by atoms with Gasteiger partial charge in [-0.25, -0.2) is 18.2 Å². The molecule has 106 valence electrons. The highest BCUT2D eigenvalue weighted by atomic mass is 19.2. The van der Waals surface area contributed by atoms with Crippen molar-refractivity contribution < 1.29 is 13.2 Å². The molecule has 0 aliphatic heterocycles. The van der Waals surface area contributed by atoms with Crippen LogP contribution in [0.2, 0.25) is 0 Å². The summed E-state index contributed by atoms with van der Waals surface area (Å²) in [5, 5.41) is 2.68. The zero-order chi connectivity index (χ0) is 14.8. The number of benzene rings is 2. The molecular formula is C15H10F3N3. The van der Waals surface area contributed by atoms with Crippen LogP contribution in [0.25, 0.3) is 11.0 Å². The minimum Gasteiger partial charge on any atom is -0.377 e. The maximum absolute atomic E-state index is 13.5. The lowest BCUT2D eigenvalue weighted by atomic mass is 10.2. The lowest BCUT2D eigenvalue weighted by Crippen LogP contribution is -2.05. The molecule has 0 spiro atoms. The Balaban J connectivity index is 1.81. The van der Waals surface area contributed by atoms with Crippen molar-refractivity contribution in [2.75, 3.05) is 5.32 Å². The van der Waals surface area contributed by atoms with Gasteiger partial charge in [0.15, 0.2) is 11.6 Å². The molecule has 1 N–H and O–H groups in total. The first-order valence-electron chi connectivity index (χ1n) is 6.22. The Morgan fingerprint density at radius 1 is 0.905 bits per heavy atom. The topological polar surface area (TPSA) is 37.8 Å². The molecule has 0 bridgehead atoms. The number of para-hydroxylation sites is 2. The van der Waals surface area contributed by atoms with Crippen LogP contribution >= 0.6 is 0 Å². The Kier molecular flexibility index (Phi) is 3.43. The van der Waals surface area contributed by atoms with Gasteiger partial charge in [-0.1, -0.05) is 12.1 Å². The highest BCUT2D eigenvalue weighted by Crippen LogP contribution is 2.19. The van der Waals surface area contributed by atoms with E-state index in [0.29, 0.717) is 17.3 Å². The van der Waals surface area contributed by atoms with E-state index in [1.807, 2.05) is 24.3 Å². The summed E-state index contributed by atoms with van der Waals surface area (Å²) in [6.45, 7) is 0.153. The Labute approximate surface area is 118 Å². The van der Waals surface area contributed by atoms with Crippen molar-refractivity contribution in [2.24, 2.45) is 0 Å². The fraction of sp³-hybridized carbons (Fsp3) is 0.0667. The van der Waals surface area contributed by atoms with Crippen LogP contribution in [0, 0.1) is 17.5 Å². The van der Waals surface area contributed by atoms with Gasteiger partial charge in [-0.2, -0.15) is 0 Å². The van der Waals surface area contributed by atoms with Gasteiger partial charge in [0.05, 0.1) is 35.2 Å². The molecule has 0 saturated heterocycles. The van der Waals surface area contributed by atoms with Crippen molar-refractivity contribution >= 4 is 16.7 Å². The third kappa shape index (κ3) is 2.79. The van der Waals surface area contributed by atoms with E-state index >= 15 is 0 Å². The molecule has 0 unspecified atom stereocenters. The van der Waals surface area contributed by atoms with Crippen LogP contribution in [-0.4, -0.2) is 9.97 Å². The van der Waals surface area contributed by atoms with E-state index in [2.05, 4.69) is 15.3 Å². The number of nitrogens with one attached hydrogen (secondary N) is 1. The van der Waals surface area contributed by atoms with E-state index in [9.17, 15) is 13.2 Å². The van der Waals surface area contributed by atoms with Crippen LogP contribution in [0.3, 0.4) is 0 Å². The second-order valence-electron chi connectivity index (χ2n) is 4.45. The first-order chi connectivity index (χ1) is 10.1. The molecule has 0 saturated carbocycles. The van der Waals surface area contributed by atoms with Crippen molar-refractivity contribution in [1.82, 2.24) is 9.97 Å². The lowest BCUT2D eigenvalue weighted by Gasteiger charge is -2.08. The van der Waals surface area contributed by atoms with Crippen LogP contribution < -0.4 is 5.32 Å². The molecule has 6 heteroatoms. The number of fused-ring (bicyclic) bond motifs is 1. The molecule has 2 aromatic carbocycles. The number of rotatable bonds is 3. The summed E-state index contributed by atoms with van der Waals surface area (Å²) in [6, 6.07) is 8.61. The molecule has 0 fully saturated rings. The minimum absolute atomic E-state index is 0.121. The van der Waals surface area contributed by atoms with E-state index in [1.54, 1.807) is 6.20 Å². The maximum atomic E-state index is 13.5. The minimum atomic E-state index is -1.22. The lowest BCUT2D eigenvalue weighted by molar-refractivity contribution is 0.496. The summed E-state index contributed by atoms with van der Waals surface area (Å²) >= 11 is 0. The van der Waals surface area contributed by atoms with Gasteiger partial charge in [0.2, 0.25) is 0 Å². The van der Waals surface area contributed by atoms with E-state index in [0.717, 1.165) is 11.6 Å². The van der Waals surface area contributed by atoms with E-state index in [1.165, 1.54) is 0 Å². The van der Waals surface area contributed by atoms with Gasteiger partial charge in [-0.05, 0) is 12.1 Å². The molecule has 3 aromatic rings. The van der Waals surface area contributed by atoms with Crippen molar-refractivity contribution in [3.05, 3.63) is 65.7 Å². The second-order valence-corrected chi connectivity index (χ2v) is 4.45. The van der Waals surface area contributed by atoms with Crippen molar-refractivity contribution in [3.8, 4) is 0 Å². The zero-order valence-corrected chi connectivity index (χ0v) is 10.8. The van der Waals surface area contributed by atoms with E-state index in [-0.39, 0.29) is 12.2 Å². The number of hydrogen-bond acceptors (Lipinski definition) is 3. The van der Waals surface area contributed by atoms with Crippen LogP contribution in [0.5, 0.6) is 0 Å². The highest BCUT2D eigenvalue weighted by Gasteiger charge is 2.09. The summed E-state index contributed by atoms with van der Waals surface area (Å²) in [4.78, 5) is 8.56. The molecular weight excluding hydrogens is 279 g/mol. The van der Waals surface area contributed by atoms with Crippen molar-refractivity contribution in [3.63, 3.8) is 0 Å². The smallest absolute Gasteiger partial charge is 0.161 e. The molecule has 0 atom stereocenters. The Morgan fingerprint density at radius 3 is 2.43 bits per heavy atom. The monoisotopic (exact) mass is 289 g/mol. The molecule has 0 aliphatic carbocycles. The SMILES string of the molecule is Fc1cc(F)c(NCc2cnc3ccccc3n2)cc1F. The number of anilines is 1. The van der Waals surface area contributed by atoms with Gasteiger partial charge in [0.1, 0.15) is 5.82 Å². The van der Waals surface area contributed by atoms with E-state index < -0.39 is 17.5 Å². The predicted octanol–water partition coefficient (Wildman–Crippen LogP) is 3.66. The number of halogens is 3. The zero-order valence-electron chi connectivity index (χ0n) is 10.8. The normalized spacial score (nSPS) is 10.8. The van der Waals surface area contributed by atoms with Crippen LogP contribution in [0.1, 0.15) is 5.69 Å². The number of nitrogens with zero attached hydrogens (tertiary/aromatic N) is 2. The molecule has 3 nitrogen and oxygen atoms in total. The summed E-state index contributed by atoms with van der Waals surface area (Å²) < 4.78 is 39.4. The average Bonchev–Trinajstić information content (AvgIpc) is 2.49. The number of aromatic nitrogens is 2. The van der Waals surface area contributed by atoms with Gasteiger partial charge < -0.3 is 5.32 Å². The maximum Gasteiger partial charge on any atom is 0.161 e. The average molecular weight is 289 g/mol. The Hall–Kier alpha value is -2.63. The van der Waals surface area contributed by atoms with E-state index in [4.69, 9.17) is 0 Å². The number of hydrogen-bond donors (Lipinski definition) is 1. The fourth-order valence-corrected chi connectivity index (χ4v) is 1.92. The first kappa shape index (κ1) is 13.4. The second kappa shape index (κ2) is 5.40. The van der Waals surface area contributed by atoms with Gasteiger partial charge >= 0.3 is 0 Å². The predicted molar refractivity (Wildman–Crippen MR) is 73.2 cm³/mol. The Bertz CT molecular complexity index is 805. The summed E-state index contributed by atoms with van der Waals surface area (Å²) in [6.07, 6.45) is 1.55. The molecule has 1 heterocycles. The first-order valence-corrected chi connectivity index (χ1v) is 6.22. The molecule has 0 radical (unpaired) electrons. The summed E-state index contributed by atoms with van der Waals surface area (Å²) in [5.74, 6) is -3.19. The van der Waals surface area contributed by atoms with Gasteiger partial charge in [0.25, 0.3) is 0 Å². The fourth-order valence-electron chi connectivity index (χ4n) is 1.92. The molecule has 3 rings (SSSR count). The summed E-state index contributed by atoms with van der Waals surface area (Å²) in [7, 11) is 0. The van der Waals surface area contributed by atoms with Crippen LogP contribution in [-0.2, 0) is 6.54 Å². The van der Waals surface area contributed by atoms with Crippen molar-refractivity contribution in [1.29, 1.82) is 0 Å². The van der Waals surface area contributed by atoms with Gasteiger partial charge in [-0.15, -0.1) is 0 Å². The van der Waals surface area contributed by atoms with Crippen molar-refractivity contribution in [2.45, 2.75) is 6.54 Å². The van der Waals surface area contributed by atoms with Gasteiger partial charge in [-0.3, -0.25) is 4.98 Å². The molecule has 1 aromatic heterocycles. The largest absolute Gasteiger partial charge is 0.377 e. The summed E-state index contributed by atoms with van der Waals surface area (Å²) in [5.41, 5.74) is 1.91. The quantitative estimate of drug-likeness (QED) is 0.748. The third-order valence-corrected chi connectivity index (χ3v) is 2.97. The van der Waals surface area contributed by atoms with Crippen LogP contribution in [0.15, 0.2) is 42.6 Å².